The van der Waals surface area contributed by atoms with Crippen molar-refractivity contribution in [1.29, 1.82) is 0 Å². The Balaban J connectivity index is 1.42. The second kappa shape index (κ2) is 7.81. The lowest BCUT2D eigenvalue weighted by Crippen LogP contribution is -2.41. The number of carbonyl (C=O) groups is 1. The molecule has 0 aliphatic carbocycles. The van der Waals surface area contributed by atoms with Crippen molar-refractivity contribution in [3.8, 4) is 10.6 Å². The highest BCUT2D eigenvalue weighted by molar-refractivity contribution is 7.13. The predicted molar refractivity (Wildman–Crippen MR) is 96.9 cm³/mol. The van der Waals surface area contributed by atoms with Gasteiger partial charge in [0.25, 0.3) is 5.91 Å². The first-order valence-electron chi connectivity index (χ1n) is 9.07. The Bertz CT molecular complexity index is 841. The molecule has 2 aromatic rings. The zero-order chi connectivity index (χ0) is 19.7. The molecule has 2 saturated heterocycles. The van der Waals surface area contributed by atoms with Gasteiger partial charge in [0.15, 0.2) is 6.29 Å². The highest BCUT2D eigenvalue weighted by atomic mass is 32.1. The number of hydrogen-bond donors (Lipinski definition) is 0. The molecule has 0 atom stereocenters. The molecule has 0 bridgehead atoms. The Morgan fingerprint density at radius 1 is 1.18 bits per heavy atom. The van der Waals surface area contributed by atoms with E-state index in [4.69, 9.17) is 9.47 Å². The van der Waals surface area contributed by atoms with Gasteiger partial charge in [0, 0.05) is 30.0 Å². The lowest BCUT2D eigenvalue weighted by Gasteiger charge is -2.33. The lowest BCUT2D eigenvalue weighted by molar-refractivity contribution is -0.137. The molecule has 2 fully saturated rings. The number of likely N-dealkylation sites (tertiary alicyclic amines) is 1. The van der Waals surface area contributed by atoms with Gasteiger partial charge < -0.3 is 14.4 Å². The molecule has 1 aromatic carbocycles. The molecule has 0 N–H and O–H groups in total. The SMILES string of the molecule is O=C(c1csc(-c2cccc(C(F)(F)F)c2)n1)N1CCC(C2OCCO2)CC1. The summed E-state index contributed by atoms with van der Waals surface area (Å²) in [5.74, 6) is 0.0869. The minimum Gasteiger partial charge on any atom is -0.350 e. The maximum Gasteiger partial charge on any atom is 0.416 e. The van der Waals surface area contributed by atoms with Crippen LogP contribution in [-0.4, -0.2) is 48.4 Å². The average Bonchev–Trinajstić information content (AvgIpc) is 3.39. The van der Waals surface area contributed by atoms with Gasteiger partial charge >= 0.3 is 6.18 Å². The van der Waals surface area contributed by atoms with E-state index in [9.17, 15) is 18.0 Å². The number of halogens is 3. The van der Waals surface area contributed by atoms with Crippen LogP contribution in [0.3, 0.4) is 0 Å². The summed E-state index contributed by atoms with van der Waals surface area (Å²) in [6.07, 6.45) is -3.01. The topological polar surface area (TPSA) is 51.7 Å². The number of carbonyl (C=O) groups excluding carboxylic acids is 1. The van der Waals surface area contributed by atoms with Gasteiger partial charge in [-0.15, -0.1) is 11.3 Å². The van der Waals surface area contributed by atoms with Crippen molar-refractivity contribution in [2.24, 2.45) is 5.92 Å². The van der Waals surface area contributed by atoms with Crippen LogP contribution in [0.5, 0.6) is 0 Å². The number of hydrogen-bond acceptors (Lipinski definition) is 5. The third kappa shape index (κ3) is 4.06. The van der Waals surface area contributed by atoms with E-state index < -0.39 is 11.7 Å². The number of nitrogens with zero attached hydrogens (tertiary/aromatic N) is 2. The second-order valence-electron chi connectivity index (χ2n) is 6.86. The molecular formula is C19H19F3N2O3S. The van der Waals surface area contributed by atoms with Gasteiger partial charge in [0.1, 0.15) is 10.7 Å². The van der Waals surface area contributed by atoms with Crippen LogP contribution in [0.4, 0.5) is 13.2 Å². The number of aromatic nitrogens is 1. The van der Waals surface area contributed by atoms with Crippen molar-refractivity contribution in [1.82, 2.24) is 9.88 Å². The first-order chi connectivity index (χ1) is 13.4. The van der Waals surface area contributed by atoms with E-state index in [-0.39, 0.29) is 23.8 Å². The Morgan fingerprint density at radius 2 is 1.89 bits per heavy atom. The molecular weight excluding hydrogens is 393 g/mol. The zero-order valence-corrected chi connectivity index (χ0v) is 15.8. The van der Waals surface area contributed by atoms with Crippen LogP contribution in [0.25, 0.3) is 10.6 Å². The fourth-order valence-electron chi connectivity index (χ4n) is 3.52. The maximum atomic E-state index is 12.9. The molecule has 1 aromatic heterocycles. The van der Waals surface area contributed by atoms with Gasteiger partial charge in [-0.1, -0.05) is 12.1 Å². The van der Waals surface area contributed by atoms with Crippen molar-refractivity contribution in [2.75, 3.05) is 26.3 Å². The van der Waals surface area contributed by atoms with Crippen LogP contribution < -0.4 is 0 Å². The highest BCUT2D eigenvalue weighted by Gasteiger charge is 2.33. The van der Waals surface area contributed by atoms with Crippen molar-refractivity contribution in [3.05, 3.63) is 40.9 Å². The third-order valence-electron chi connectivity index (χ3n) is 5.02. The standard InChI is InChI=1S/C19H19F3N2O3S/c20-19(21,22)14-3-1-2-13(10-14)16-23-15(11-28-16)17(25)24-6-4-12(5-7-24)18-26-8-9-27-18/h1-3,10-12,18H,4-9H2. The summed E-state index contributed by atoms with van der Waals surface area (Å²) in [6, 6.07) is 4.99. The predicted octanol–water partition coefficient (Wildman–Crippen LogP) is 4.05. The number of benzene rings is 1. The van der Waals surface area contributed by atoms with Crippen LogP contribution in [0.2, 0.25) is 0 Å². The van der Waals surface area contributed by atoms with E-state index in [2.05, 4.69) is 4.98 Å². The van der Waals surface area contributed by atoms with Crippen LogP contribution >= 0.6 is 11.3 Å². The summed E-state index contributed by atoms with van der Waals surface area (Å²) >= 11 is 1.17. The number of ether oxygens (including phenoxy) is 2. The lowest BCUT2D eigenvalue weighted by atomic mass is 9.96. The maximum absolute atomic E-state index is 12.9. The summed E-state index contributed by atoms with van der Waals surface area (Å²) in [7, 11) is 0. The third-order valence-corrected chi connectivity index (χ3v) is 5.91. The zero-order valence-electron chi connectivity index (χ0n) is 14.9. The molecule has 2 aliphatic rings. The molecule has 0 saturated carbocycles. The van der Waals surface area contributed by atoms with Gasteiger partial charge in [0.2, 0.25) is 0 Å². The Labute approximate surface area is 164 Å². The van der Waals surface area contributed by atoms with Gasteiger partial charge in [0.05, 0.1) is 18.8 Å². The molecule has 0 radical (unpaired) electrons. The minimum absolute atomic E-state index is 0.177. The quantitative estimate of drug-likeness (QED) is 0.763. The summed E-state index contributed by atoms with van der Waals surface area (Å²) < 4.78 is 49.8. The van der Waals surface area contributed by atoms with E-state index in [0.29, 0.717) is 36.9 Å². The van der Waals surface area contributed by atoms with E-state index in [1.54, 1.807) is 16.3 Å². The molecule has 9 heteroatoms. The van der Waals surface area contributed by atoms with Crippen LogP contribution in [0, 0.1) is 5.92 Å². The molecule has 1 amide bonds. The monoisotopic (exact) mass is 412 g/mol. The summed E-state index contributed by atoms with van der Waals surface area (Å²) in [4.78, 5) is 18.7. The molecule has 28 heavy (non-hydrogen) atoms. The summed E-state index contributed by atoms with van der Waals surface area (Å²) in [5, 5.41) is 2.00. The van der Waals surface area contributed by atoms with Gasteiger partial charge in [-0.05, 0) is 25.0 Å². The van der Waals surface area contributed by atoms with Crippen LogP contribution in [0.15, 0.2) is 29.6 Å². The van der Waals surface area contributed by atoms with Crippen molar-refractivity contribution in [3.63, 3.8) is 0 Å². The van der Waals surface area contributed by atoms with Crippen LogP contribution in [-0.2, 0) is 15.7 Å². The average molecular weight is 412 g/mol. The molecule has 5 nitrogen and oxygen atoms in total. The second-order valence-corrected chi connectivity index (χ2v) is 7.71. The number of amides is 1. The first kappa shape index (κ1) is 19.4. The highest BCUT2D eigenvalue weighted by Crippen LogP contribution is 2.33. The fraction of sp³-hybridized carbons (Fsp3) is 0.474. The molecule has 0 unspecified atom stereocenters. The Kier molecular flexibility index (Phi) is 5.39. The molecule has 4 rings (SSSR count). The largest absolute Gasteiger partial charge is 0.416 e. The summed E-state index contributed by atoms with van der Waals surface area (Å²) in [5.41, 5.74) is -0.108. The smallest absolute Gasteiger partial charge is 0.350 e. The number of thiazole rings is 1. The van der Waals surface area contributed by atoms with E-state index >= 15 is 0 Å². The number of alkyl halides is 3. The van der Waals surface area contributed by atoms with E-state index in [1.165, 1.54) is 17.4 Å². The normalized spacial score (nSPS) is 19.3. The Morgan fingerprint density at radius 3 is 2.57 bits per heavy atom. The van der Waals surface area contributed by atoms with E-state index in [1.807, 2.05) is 0 Å². The number of rotatable bonds is 3. The number of piperidine rings is 1. The molecule has 0 spiro atoms. The van der Waals surface area contributed by atoms with E-state index in [0.717, 1.165) is 25.0 Å². The summed E-state index contributed by atoms with van der Waals surface area (Å²) in [6.45, 7) is 2.40. The van der Waals surface area contributed by atoms with Gasteiger partial charge in [-0.25, -0.2) is 4.98 Å². The Hall–Kier alpha value is -1.97. The molecule has 150 valence electrons. The first-order valence-corrected chi connectivity index (χ1v) is 9.95. The van der Waals surface area contributed by atoms with Gasteiger partial charge in [-0.3, -0.25) is 4.79 Å². The molecule has 3 heterocycles. The van der Waals surface area contributed by atoms with Crippen molar-refractivity contribution >= 4 is 17.2 Å². The minimum atomic E-state index is -4.41. The van der Waals surface area contributed by atoms with Crippen molar-refractivity contribution < 1.29 is 27.4 Å². The van der Waals surface area contributed by atoms with Gasteiger partial charge in [-0.2, -0.15) is 13.2 Å². The molecule has 2 aliphatic heterocycles. The van der Waals surface area contributed by atoms with Crippen molar-refractivity contribution in [2.45, 2.75) is 25.3 Å². The fourth-order valence-corrected chi connectivity index (χ4v) is 4.31. The van der Waals surface area contributed by atoms with Crippen LogP contribution in [0.1, 0.15) is 28.9 Å².